The van der Waals surface area contributed by atoms with Gasteiger partial charge in [0.05, 0.1) is 6.20 Å². The molecule has 0 radical (unpaired) electrons. The third kappa shape index (κ3) is 6.43. The SMILES string of the molecule is CC(C)c1cnn2c(NCC3=CC(CC(=O)C4CCC(N)CC4)=CCC3)nc(OC3CCN(C)CC3)nc12. The van der Waals surface area contributed by atoms with Gasteiger partial charge in [-0.3, -0.25) is 4.79 Å². The van der Waals surface area contributed by atoms with Crippen LogP contribution in [0, 0.1) is 5.92 Å². The number of anilines is 1. The minimum atomic E-state index is 0.123. The molecule has 2 aliphatic carbocycles. The van der Waals surface area contributed by atoms with Crippen molar-refractivity contribution in [2.75, 3.05) is 32.0 Å². The Morgan fingerprint density at radius 2 is 1.92 bits per heavy atom. The highest BCUT2D eigenvalue weighted by Crippen LogP contribution is 2.29. The monoisotopic (exact) mass is 521 g/mol. The smallest absolute Gasteiger partial charge is 0.322 e. The van der Waals surface area contributed by atoms with Crippen molar-refractivity contribution in [1.29, 1.82) is 0 Å². The molecule has 9 nitrogen and oxygen atoms in total. The van der Waals surface area contributed by atoms with E-state index in [1.54, 1.807) is 4.52 Å². The first-order valence-electron chi connectivity index (χ1n) is 14.4. The Morgan fingerprint density at radius 1 is 1.16 bits per heavy atom. The largest absolute Gasteiger partial charge is 0.460 e. The topological polar surface area (TPSA) is 111 Å². The molecule has 1 aliphatic heterocycles. The number of Topliss-reactive ketones (excluding diaryl/α,β-unsaturated/α-hetero) is 1. The molecule has 0 aromatic carbocycles. The Bertz CT molecular complexity index is 1180. The molecule has 0 amide bonds. The Morgan fingerprint density at radius 3 is 2.66 bits per heavy atom. The maximum Gasteiger partial charge on any atom is 0.322 e. The number of allylic oxidation sites excluding steroid dienone is 3. The van der Waals surface area contributed by atoms with Crippen LogP contribution in [0.1, 0.15) is 83.1 Å². The fourth-order valence-electron chi connectivity index (χ4n) is 5.78. The maximum absolute atomic E-state index is 12.9. The molecular weight excluding hydrogens is 478 g/mol. The first kappa shape index (κ1) is 26.8. The number of rotatable bonds is 9. The standard InChI is InChI=1S/C29H43N7O2/c1-19(2)25-18-32-36-27(25)33-29(38-24-11-13-35(3)14-12-24)34-28(36)31-17-21-6-4-5-20(15-21)16-26(37)22-7-9-23(30)10-8-22/h5,15,18-19,22-24H,4,6-14,16-17,30H2,1-3H3,(H,31,33,34). The summed E-state index contributed by atoms with van der Waals surface area (Å²) in [5, 5.41) is 8.10. The lowest BCUT2D eigenvalue weighted by Crippen LogP contribution is -2.36. The van der Waals surface area contributed by atoms with Gasteiger partial charge in [0.2, 0.25) is 5.95 Å². The molecule has 38 heavy (non-hydrogen) atoms. The highest BCUT2D eigenvalue weighted by atomic mass is 16.5. The molecule has 206 valence electrons. The molecule has 2 fully saturated rings. The van der Waals surface area contributed by atoms with Gasteiger partial charge in [0.25, 0.3) is 0 Å². The number of carbonyl (C=O) groups excluding carboxylic acids is 1. The van der Waals surface area contributed by atoms with Crippen LogP contribution in [-0.4, -0.2) is 69.1 Å². The van der Waals surface area contributed by atoms with Gasteiger partial charge < -0.3 is 20.7 Å². The van der Waals surface area contributed by atoms with Gasteiger partial charge in [0.1, 0.15) is 11.9 Å². The van der Waals surface area contributed by atoms with Crippen molar-refractivity contribution in [2.45, 2.75) is 89.7 Å². The molecule has 0 unspecified atom stereocenters. The number of likely N-dealkylation sites (tertiary alicyclic amines) is 1. The number of aromatic nitrogens is 4. The number of nitrogens with two attached hydrogens (primary N) is 1. The first-order chi connectivity index (χ1) is 18.4. The quantitative estimate of drug-likeness (QED) is 0.504. The van der Waals surface area contributed by atoms with E-state index < -0.39 is 0 Å². The predicted molar refractivity (Wildman–Crippen MR) is 149 cm³/mol. The van der Waals surface area contributed by atoms with Gasteiger partial charge in [-0.1, -0.05) is 31.6 Å². The van der Waals surface area contributed by atoms with Crippen molar-refractivity contribution in [1.82, 2.24) is 24.5 Å². The summed E-state index contributed by atoms with van der Waals surface area (Å²) in [6.07, 6.45) is 14.6. The summed E-state index contributed by atoms with van der Waals surface area (Å²) in [6.45, 7) is 6.97. The van der Waals surface area contributed by atoms with Crippen LogP contribution < -0.4 is 15.8 Å². The number of hydrogen-bond donors (Lipinski definition) is 2. The van der Waals surface area contributed by atoms with E-state index in [4.69, 9.17) is 20.4 Å². The third-order valence-electron chi connectivity index (χ3n) is 8.28. The number of carbonyl (C=O) groups is 1. The molecule has 0 spiro atoms. The third-order valence-corrected chi connectivity index (χ3v) is 8.28. The average molecular weight is 522 g/mol. The van der Waals surface area contributed by atoms with Crippen LogP contribution in [0.25, 0.3) is 5.65 Å². The van der Waals surface area contributed by atoms with E-state index in [0.29, 0.717) is 30.7 Å². The highest BCUT2D eigenvalue weighted by Gasteiger charge is 2.25. The molecule has 2 aromatic heterocycles. The van der Waals surface area contributed by atoms with Crippen LogP contribution in [0.15, 0.2) is 29.5 Å². The molecule has 2 aromatic rings. The van der Waals surface area contributed by atoms with Gasteiger partial charge in [0.15, 0.2) is 5.65 Å². The number of ether oxygens (including phenoxy) is 1. The number of piperidine rings is 1. The Kier molecular flexibility index (Phi) is 8.43. The Hall–Kier alpha value is -2.78. The number of nitrogens with zero attached hydrogens (tertiary/aromatic N) is 5. The second kappa shape index (κ2) is 11.9. The van der Waals surface area contributed by atoms with Crippen LogP contribution in [0.4, 0.5) is 5.95 Å². The zero-order valence-electron chi connectivity index (χ0n) is 23.2. The van der Waals surface area contributed by atoms with E-state index in [2.05, 4.69) is 48.4 Å². The second-order valence-electron chi connectivity index (χ2n) is 11.7. The Balaban J connectivity index is 1.28. The van der Waals surface area contributed by atoms with Crippen molar-refractivity contribution >= 4 is 17.4 Å². The molecule has 0 atom stereocenters. The lowest BCUT2D eigenvalue weighted by molar-refractivity contribution is -0.123. The molecule has 3 aliphatic rings. The fourth-order valence-corrected chi connectivity index (χ4v) is 5.78. The molecular formula is C29H43N7O2. The van der Waals surface area contributed by atoms with Crippen LogP contribution in [0.5, 0.6) is 6.01 Å². The summed E-state index contributed by atoms with van der Waals surface area (Å²) < 4.78 is 8.06. The van der Waals surface area contributed by atoms with Crippen LogP contribution >= 0.6 is 0 Å². The molecule has 9 heteroatoms. The lowest BCUT2D eigenvalue weighted by atomic mass is 9.81. The normalized spacial score (nSPS) is 23.4. The number of fused-ring (bicyclic) bond motifs is 1. The summed E-state index contributed by atoms with van der Waals surface area (Å²) in [7, 11) is 2.14. The predicted octanol–water partition coefficient (Wildman–Crippen LogP) is 4.26. The molecule has 1 saturated heterocycles. The van der Waals surface area contributed by atoms with Gasteiger partial charge >= 0.3 is 6.01 Å². The second-order valence-corrected chi connectivity index (χ2v) is 11.7. The van der Waals surface area contributed by atoms with E-state index in [-0.39, 0.29) is 24.0 Å². The van der Waals surface area contributed by atoms with Crippen molar-refractivity contribution in [3.8, 4) is 6.01 Å². The zero-order chi connectivity index (χ0) is 26.6. The van der Waals surface area contributed by atoms with Crippen LogP contribution in [0.3, 0.4) is 0 Å². The molecule has 0 bridgehead atoms. The molecule has 3 heterocycles. The van der Waals surface area contributed by atoms with Crippen LogP contribution in [-0.2, 0) is 4.79 Å². The minimum absolute atomic E-state index is 0.123. The van der Waals surface area contributed by atoms with Gasteiger partial charge in [-0.2, -0.15) is 19.6 Å². The van der Waals surface area contributed by atoms with Crippen molar-refractivity contribution in [3.05, 3.63) is 35.1 Å². The summed E-state index contributed by atoms with van der Waals surface area (Å²) in [6, 6.07) is 0.674. The summed E-state index contributed by atoms with van der Waals surface area (Å²) in [5.74, 6) is 1.45. The highest BCUT2D eigenvalue weighted by molar-refractivity contribution is 5.84. The minimum Gasteiger partial charge on any atom is -0.460 e. The van der Waals surface area contributed by atoms with E-state index in [1.165, 1.54) is 5.57 Å². The number of hydrogen-bond acceptors (Lipinski definition) is 8. The summed E-state index contributed by atoms with van der Waals surface area (Å²) >= 11 is 0. The summed E-state index contributed by atoms with van der Waals surface area (Å²) in [4.78, 5) is 24.7. The maximum atomic E-state index is 12.9. The fraction of sp³-hybridized carbons (Fsp3) is 0.655. The van der Waals surface area contributed by atoms with Crippen molar-refractivity contribution in [2.24, 2.45) is 11.7 Å². The van der Waals surface area contributed by atoms with E-state index in [1.807, 2.05) is 6.20 Å². The first-order valence-corrected chi connectivity index (χ1v) is 14.4. The van der Waals surface area contributed by atoms with Gasteiger partial charge in [-0.15, -0.1) is 0 Å². The van der Waals surface area contributed by atoms with E-state index in [0.717, 1.165) is 81.2 Å². The zero-order valence-corrected chi connectivity index (χ0v) is 23.2. The summed E-state index contributed by atoms with van der Waals surface area (Å²) in [5.41, 5.74) is 10.3. The number of ketones is 1. The Labute approximate surface area is 225 Å². The van der Waals surface area contributed by atoms with Gasteiger partial charge in [-0.25, -0.2) is 0 Å². The van der Waals surface area contributed by atoms with Gasteiger partial charge in [0, 0.05) is 43.6 Å². The average Bonchev–Trinajstić information content (AvgIpc) is 3.34. The van der Waals surface area contributed by atoms with E-state index in [9.17, 15) is 4.79 Å². The van der Waals surface area contributed by atoms with Crippen molar-refractivity contribution in [3.63, 3.8) is 0 Å². The van der Waals surface area contributed by atoms with Crippen LogP contribution in [0.2, 0.25) is 0 Å². The van der Waals surface area contributed by atoms with Gasteiger partial charge in [-0.05, 0) is 69.9 Å². The molecule has 1 saturated carbocycles. The molecule has 3 N–H and O–H groups in total. The lowest BCUT2D eigenvalue weighted by Gasteiger charge is -2.28. The van der Waals surface area contributed by atoms with Crippen molar-refractivity contribution < 1.29 is 9.53 Å². The van der Waals surface area contributed by atoms with E-state index >= 15 is 0 Å². The number of nitrogens with one attached hydrogen (secondary N) is 1. The molecule has 5 rings (SSSR count).